The maximum atomic E-state index is 11.1. The molecule has 3 heteroatoms. The Bertz CT molecular complexity index is 307. The second kappa shape index (κ2) is 8.06. The van der Waals surface area contributed by atoms with Crippen molar-refractivity contribution in [3.05, 3.63) is 42.0 Å². The van der Waals surface area contributed by atoms with Crippen LogP contribution in [0, 0.1) is 0 Å². The van der Waals surface area contributed by atoms with Gasteiger partial charge in [0.25, 0.3) is 0 Å². The zero-order valence-electron chi connectivity index (χ0n) is 8.68. The van der Waals surface area contributed by atoms with Crippen LogP contribution in [0.15, 0.2) is 36.4 Å². The van der Waals surface area contributed by atoms with E-state index in [-0.39, 0.29) is 18.4 Å². The fourth-order valence-corrected chi connectivity index (χ4v) is 0.979. The molecule has 1 rings (SSSR count). The highest BCUT2D eigenvalue weighted by Crippen LogP contribution is 2.00. The van der Waals surface area contributed by atoms with E-state index < -0.39 is 0 Å². The largest absolute Gasteiger partial charge is 0.463 e. The lowest BCUT2D eigenvalue weighted by Gasteiger charge is -1.97. The van der Waals surface area contributed by atoms with E-state index in [9.17, 15) is 4.79 Å². The molecule has 0 N–H and O–H groups in total. The summed E-state index contributed by atoms with van der Waals surface area (Å²) in [6.07, 6.45) is 4.05. The molecule has 15 heavy (non-hydrogen) atoms. The Kier molecular flexibility index (Phi) is 7.38. The molecule has 0 heterocycles. The van der Waals surface area contributed by atoms with Crippen LogP contribution in [-0.4, -0.2) is 12.6 Å². The minimum Gasteiger partial charge on any atom is -0.463 e. The van der Waals surface area contributed by atoms with Crippen LogP contribution < -0.4 is 0 Å². The molecule has 0 unspecified atom stereocenters. The average molecular weight is 227 g/mol. The summed E-state index contributed by atoms with van der Waals surface area (Å²) in [7, 11) is 0. The van der Waals surface area contributed by atoms with Crippen molar-refractivity contribution in [3.8, 4) is 0 Å². The lowest BCUT2D eigenvalue weighted by atomic mass is 10.2. The number of rotatable bonds is 4. The molecule has 2 nitrogen and oxygen atoms in total. The molecule has 1 aromatic rings. The normalized spacial score (nSPS) is 9.67. The van der Waals surface area contributed by atoms with Crippen LogP contribution in [0.25, 0.3) is 6.08 Å². The number of hydrogen-bond acceptors (Lipinski definition) is 2. The fraction of sp³-hybridized carbons (Fsp3) is 0.250. The van der Waals surface area contributed by atoms with Crippen LogP contribution in [0.5, 0.6) is 0 Å². The fourth-order valence-electron chi connectivity index (χ4n) is 0.979. The van der Waals surface area contributed by atoms with Crippen molar-refractivity contribution in [2.45, 2.75) is 13.3 Å². The van der Waals surface area contributed by atoms with E-state index in [1.54, 1.807) is 6.08 Å². The molecule has 0 atom stereocenters. The van der Waals surface area contributed by atoms with Crippen molar-refractivity contribution in [2.75, 3.05) is 6.61 Å². The summed E-state index contributed by atoms with van der Waals surface area (Å²) in [5.41, 5.74) is 1.00. The molecule has 0 saturated carbocycles. The van der Waals surface area contributed by atoms with Crippen molar-refractivity contribution in [1.82, 2.24) is 0 Å². The summed E-state index contributed by atoms with van der Waals surface area (Å²) in [4.78, 5) is 11.1. The third kappa shape index (κ3) is 5.92. The average Bonchev–Trinajstić information content (AvgIpc) is 2.25. The molecule has 0 aliphatic heterocycles. The van der Waals surface area contributed by atoms with Gasteiger partial charge >= 0.3 is 5.97 Å². The minimum absolute atomic E-state index is 0. The quantitative estimate of drug-likeness (QED) is 0.583. The van der Waals surface area contributed by atoms with Gasteiger partial charge in [0.15, 0.2) is 0 Å². The Labute approximate surface area is 96.4 Å². The first-order valence-corrected chi connectivity index (χ1v) is 4.73. The van der Waals surface area contributed by atoms with Crippen molar-refractivity contribution in [3.63, 3.8) is 0 Å². The maximum absolute atomic E-state index is 11.1. The van der Waals surface area contributed by atoms with Gasteiger partial charge in [-0.15, -0.1) is 12.4 Å². The van der Waals surface area contributed by atoms with E-state index in [4.69, 9.17) is 4.74 Å². The van der Waals surface area contributed by atoms with Crippen LogP contribution in [0.3, 0.4) is 0 Å². The number of esters is 1. The van der Waals surface area contributed by atoms with E-state index in [2.05, 4.69) is 0 Å². The van der Waals surface area contributed by atoms with Crippen LogP contribution >= 0.6 is 12.4 Å². The standard InChI is InChI=1S/C12H14O2.ClH/c1-2-10-14-12(13)9-8-11-6-4-3-5-7-11;/h3-9H,2,10H2,1H3;1H. The first-order valence-electron chi connectivity index (χ1n) is 4.73. The van der Waals surface area contributed by atoms with Gasteiger partial charge in [0.2, 0.25) is 0 Å². The predicted octanol–water partition coefficient (Wildman–Crippen LogP) is 3.07. The number of carbonyl (C=O) groups excluding carboxylic acids is 1. The second-order valence-corrected chi connectivity index (χ2v) is 2.91. The topological polar surface area (TPSA) is 26.3 Å². The number of benzene rings is 1. The maximum Gasteiger partial charge on any atom is 0.330 e. The van der Waals surface area contributed by atoms with Crippen LogP contribution in [-0.2, 0) is 9.53 Å². The summed E-state index contributed by atoms with van der Waals surface area (Å²) in [5, 5.41) is 0. The molecular weight excluding hydrogens is 212 g/mol. The van der Waals surface area contributed by atoms with E-state index in [1.165, 1.54) is 6.08 Å². The lowest BCUT2D eigenvalue weighted by Crippen LogP contribution is -2.00. The second-order valence-electron chi connectivity index (χ2n) is 2.91. The molecule has 0 aromatic heterocycles. The molecular formula is C12H15ClO2. The highest BCUT2D eigenvalue weighted by Gasteiger charge is 1.93. The van der Waals surface area contributed by atoms with Gasteiger partial charge in [0, 0.05) is 6.08 Å². The predicted molar refractivity (Wildman–Crippen MR) is 64.0 cm³/mol. The molecule has 0 amide bonds. The van der Waals surface area contributed by atoms with Gasteiger partial charge in [0.05, 0.1) is 6.61 Å². The molecule has 0 aliphatic carbocycles. The molecule has 82 valence electrons. The van der Waals surface area contributed by atoms with Gasteiger partial charge in [-0.2, -0.15) is 0 Å². The zero-order valence-corrected chi connectivity index (χ0v) is 9.50. The number of halogens is 1. The molecule has 0 spiro atoms. The van der Waals surface area contributed by atoms with E-state index in [1.807, 2.05) is 37.3 Å². The monoisotopic (exact) mass is 226 g/mol. The van der Waals surface area contributed by atoms with Gasteiger partial charge in [-0.3, -0.25) is 0 Å². The van der Waals surface area contributed by atoms with Crippen LogP contribution in [0.2, 0.25) is 0 Å². The summed E-state index contributed by atoms with van der Waals surface area (Å²) in [6, 6.07) is 9.66. The molecule has 0 radical (unpaired) electrons. The summed E-state index contributed by atoms with van der Waals surface area (Å²) < 4.78 is 4.89. The third-order valence-corrected chi connectivity index (χ3v) is 1.66. The molecule has 0 aliphatic rings. The van der Waals surface area contributed by atoms with E-state index in [0.29, 0.717) is 6.61 Å². The summed E-state index contributed by atoms with van der Waals surface area (Å²) >= 11 is 0. The third-order valence-electron chi connectivity index (χ3n) is 1.66. The summed E-state index contributed by atoms with van der Waals surface area (Å²) in [6.45, 7) is 2.45. The number of carbonyl (C=O) groups is 1. The lowest BCUT2D eigenvalue weighted by molar-refractivity contribution is -0.137. The number of hydrogen-bond donors (Lipinski definition) is 0. The highest BCUT2D eigenvalue weighted by atomic mass is 35.5. The first-order chi connectivity index (χ1) is 6.83. The Morgan fingerprint density at radius 1 is 1.33 bits per heavy atom. The summed E-state index contributed by atoms with van der Waals surface area (Å²) in [5.74, 6) is -0.282. The Hall–Kier alpha value is -1.28. The Balaban J connectivity index is 0.00000196. The van der Waals surface area contributed by atoms with Gasteiger partial charge in [0.1, 0.15) is 0 Å². The van der Waals surface area contributed by atoms with Crippen molar-refractivity contribution in [2.24, 2.45) is 0 Å². The number of ether oxygens (including phenoxy) is 1. The first kappa shape index (κ1) is 13.7. The Morgan fingerprint density at radius 3 is 2.60 bits per heavy atom. The highest BCUT2D eigenvalue weighted by molar-refractivity contribution is 5.87. The van der Waals surface area contributed by atoms with E-state index >= 15 is 0 Å². The molecule has 0 saturated heterocycles. The molecule has 0 bridgehead atoms. The van der Waals surface area contributed by atoms with Crippen molar-refractivity contribution in [1.29, 1.82) is 0 Å². The molecule has 1 aromatic carbocycles. The zero-order chi connectivity index (χ0) is 10.2. The van der Waals surface area contributed by atoms with Crippen molar-refractivity contribution >= 4 is 24.5 Å². The van der Waals surface area contributed by atoms with Gasteiger partial charge < -0.3 is 4.74 Å². The van der Waals surface area contributed by atoms with Crippen LogP contribution in [0.1, 0.15) is 18.9 Å². The van der Waals surface area contributed by atoms with Crippen molar-refractivity contribution < 1.29 is 9.53 Å². The van der Waals surface area contributed by atoms with E-state index in [0.717, 1.165) is 12.0 Å². The van der Waals surface area contributed by atoms with Gasteiger partial charge in [-0.25, -0.2) is 4.79 Å². The molecule has 0 fully saturated rings. The smallest absolute Gasteiger partial charge is 0.330 e. The van der Waals surface area contributed by atoms with Gasteiger partial charge in [-0.1, -0.05) is 37.3 Å². The minimum atomic E-state index is -0.282. The SMILES string of the molecule is CCCOC(=O)C=Cc1ccccc1.Cl. The van der Waals surface area contributed by atoms with Gasteiger partial charge in [-0.05, 0) is 18.1 Å². The Morgan fingerprint density at radius 2 is 2.00 bits per heavy atom. The van der Waals surface area contributed by atoms with Crippen LogP contribution in [0.4, 0.5) is 0 Å².